The van der Waals surface area contributed by atoms with Crippen LogP contribution in [0.3, 0.4) is 0 Å². The number of phenolic OH excluding ortho intramolecular Hbond substituents is 1. The number of hydrogen-bond donors (Lipinski definition) is 2. The highest BCUT2D eigenvalue weighted by atomic mass is 16.3. The van der Waals surface area contributed by atoms with E-state index in [9.17, 15) is 9.90 Å². The molecule has 2 aromatic rings. The molecule has 0 aliphatic rings. The van der Waals surface area contributed by atoms with Gasteiger partial charge in [0.2, 0.25) is 5.91 Å². The smallest absolute Gasteiger partial charge is 0.244 e. The monoisotopic (exact) mass is 281 g/mol. The fourth-order valence-corrected chi connectivity index (χ4v) is 2.07. The van der Waals surface area contributed by atoms with Crippen LogP contribution in [-0.4, -0.2) is 17.6 Å². The van der Waals surface area contributed by atoms with Crippen molar-refractivity contribution in [1.29, 1.82) is 0 Å². The van der Waals surface area contributed by atoms with Gasteiger partial charge in [0.15, 0.2) is 0 Å². The number of para-hydroxylation sites is 1. The quantitative estimate of drug-likeness (QED) is 0.827. The van der Waals surface area contributed by atoms with Gasteiger partial charge in [-0.1, -0.05) is 48.5 Å². The molecule has 2 aromatic carbocycles. The summed E-state index contributed by atoms with van der Waals surface area (Å²) in [6.45, 7) is 2.41. The number of aromatic hydroxyl groups is 1. The Kier molecular flexibility index (Phi) is 5.16. The van der Waals surface area contributed by atoms with E-state index in [1.807, 2.05) is 49.4 Å². The summed E-state index contributed by atoms with van der Waals surface area (Å²) in [6.07, 6.45) is 2.21. The number of rotatable bonds is 5. The number of benzene rings is 2. The van der Waals surface area contributed by atoms with Gasteiger partial charge in [-0.3, -0.25) is 4.79 Å². The highest BCUT2D eigenvalue weighted by molar-refractivity contribution is 5.94. The van der Waals surface area contributed by atoms with Gasteiger partial charge < -0.3 is 10.4 Å². The van der Waals surface area contributed by atoms with Crippen molar-refractivity contribution in [2.24, 2.45) is 0 Å². The van der Waals surface area contributed by atoms with Crippen molar-refractivity contribution in [2.45, 2.75) is 13.3 Å². The molecule has 0 aliphatic heterocycles. The standard InChI is InChI=1S/C18H19NO2/c1-14(15-7-3-2-4-8-15)13-18(21)19-12-11-16-9-5-6-10-17(16)20/h2-10,13,20H,11-12H2,1H3,(H,19,21)/b14-13+. The minimum absolute atomic E-state index is 0.119. The van der Waals surface area contributed by atoms with E-state index in [0.29, 0.717) is 13.0 Å². The molecule has 0 aliphatic carbocycles. The van der Waals surface area contributed by atoms with Gasteiger partial charge in [0.1, 0.15) is 5.75 Å². The van der Waals surface area contributed by atoms with Gasteiger partial charge in [0, 0.05) is 12.6 Å². The lowest BCUT2D eigenvalue weighted by atomic mass is 10.1. The third kappa shape index (κ3) is 4.49. The lowest BCUT2D eigenvalue weighted by molar-refractivity contribution is -0.116. The second-order valence-corrected chi connectivity index (χ2v) is 4.86. The number of carbonyl (C=O) groups excluding carboxylic acids is 1. The molecular formula is C18H19NO2. The summed E-state index contributed by atoms with van der Waals surface area (Å²) in [5.41, 5.74) is 2.80. The Labute approximate surface area is 124 Å². The summed E-state index contributed by atoms with van der Waals surface area (Å²) in [7, 11) is 0. The number of hydrogen-bond acceptors (Lipinski definition) is 2. The number of carbonyl (C=O) groups is 1. The van der Waals surface area contributed by atoms with Crippen LogP contribution in [-0.2, 0) is 11.2 Å². The molecule has 0 atom stereocenters. The molecule has 0 unspecified atom stereocenters. The summed E-state index contributed by atoms with van der Waals surface area (Å²) in [6, 6.07) is 16.9. The van der Waals surface area contributed by atoms with E-state index in [1.165, 1.54) is 0 Å². The molecule has 0 bridgehead atoms. The third-order valence-electron chi connectivity index (χ3n) is 3.26. The van der Waals surface area contributed by atoms with E-state index in [-0.39, 0.29) is 11.7 Å². The fourth-order valence-electron chi connectivity index (χ4n) is 2.07. The van der Waals surface area contributed by atoms with Crippen LogP contribution in [0.15, 0.2) is 60.7 Å². The van der Waals surface area contributed by atoms with Crippen molar-refractivity contribution < 1.29 is 9.90 Å². The van der Waals surface area contributed by atoms with E-state index in [2.05, 4.69) is 5.32 Å². The zero-order valence-electron chi connectivity index (χ0n) is 12.0. The van der Waals surface area contributed by atoms with E-state index in [1.54, 1.807) is 18.2 Å². The first-order chi connectivity index (χ1) is 10.2. The Morgan fingerprint density at radius 3 is 2.48 bits per heavy atom. The molecule has 21 heavy (non-hydrogen) atoms. The summed E-state index contributed by atoms with van der Waals surface area (Å²) >= 11 is 0. The Balaban J connectivity index is 1.87. The number of phenols is 1. The minimum Gasteiger partial charge on any atom is -0.508 e. The molecule has 108 valence electrons. The van der Waals surface area contributed by atoms with Crippen LogP contribution in [0.4, 0.5) is 0 Å². The van der Waals surface area contributed by atoms with Crippen LogP contribution < -0.4 is 5.32 Å². The fraction of sp³-hybridized carbons (Fsp3) is 0.167. The molecule has 0 heterocycles. The number of amides is 1. The topological polar surface area (TPSA) is 49.3 Å². The first kappa shape index (κ1) is 14.9. The van der Waals surface area contributed by atoms with Crippen molar-refractivity contribution in [2.75, 3.05) is 6.54 Å². The molecule has 0 radical (unpaired) electrons. The summed E-state index contributed by atoms with van der Waals surface area (Å²) in [4.78, 5) is 11.9. The van der Waals surface area contributed by atoms with E-state index in [4.69, 9.17) is 0 Å². The second kappa shape index (κ2) is 7.29. The Morgan fingerprint density at radius 2 is 1.76 bits per heavy atom. The molecule has 0 aromatic heterocycles. The van der Waals surface area contributed by atoms with Crippen LogP contribution in [0, 0.1) is 0 Å². The lowest BCUT2D eigenvalue weighted by Gasteiger charge is -2.06. The van der Waals surface area contributed by atoms with Gasteiger partial charge in [-0.05, 0) is 36.1 Å². The molecule has 0 spiro atoms. The zero-order chi connectivity index (χ0) is 15.1. The van der Waals surface area contributed by atoms with Gasteiger partial charge in [0.05, 0.1) is 0 Å². The Bertz CT molecular complexity index is 633. The summed E-state index contributed by atoms with van der Waals surface area (Å²) in [5, 5.41) is 12.5. The maximum Gasteiger partial charge on any atom is 0.244 e. The summed E-state index contributed by atoms with van der Waals surface area (Å²) in [5.74, 6) is 0.148. The molecule has 3 heteroatoms. The maximum atomic E-state index is 11.9. The van der Waals surface area contributed by atoms with Gasteiger partial charge >= 0.3 is 0 Å². The number of nitrogens with one attached hydrogen (secondary N) is 1. The minimum atomic E-state index is -0.119. The largest absolute Gasteiger partial charge is 0.508 e. The molecule has 2 N–H and O–H groups in total. The normalized spacial score (nSPS) is 11.2. The van der Waals surface area contributed by atoms with Crippen molar-refractivity contribution >= 4 is 11.5 Å². The summed E-state index contributed by atoms with van der Waals surface area (Å²) < 4.78 is 0. The van der Waals surface area contributed by atoms with Gasteiger partial charge in [-0.25, -0.2) is 0 Å². The average Bonchev–Trinajstić information content (AvgIpc) is 2.50. The van der Waals surface area contributed by atoms with E-state index < -0.39 is 0 Å². The number of allylic oxidation sites excluding steroid dienone is 1. The zero-order valence-corrected chi connectivity index (χ0v) is 12.0. The predicted octanol–water partition coefficient (Wildman–Crippen LogP) is 3.15. The second-order valence-electron chi connectivity index (χ2n) is 4.86. The van der Waals surface area contributed by atoms with Gasteiger partial charge in [-0.2, -0.15) is 0 Å². The van der Waals surface area contributed by atoms with Gasteiger partial charge in [-0.15, -0.1) is 0 Å². The van der Waals surface area contributed by atoms with Crippen molar-refractivity contribution in [3.63, 3.8) is 0 Å². The molecule has 0 saturated heterocycles. The van der Waals surface area contributed by atoms with E-state index in [0.717, 1.165) is 16.7 Å². The van der Waals surface area contributed by atoms with Crippen LogP contribution in [0.25, 0.3) is 5.57 Å². The molecule has 0 saturated carbocycles. The molecule has 1 amide bonds. The SMILES string of the molecule is C/C(=C\C(=O)NCCc1ccccc1O)c1ccccc1. The average molecular weight is 281 g/mol. The highest BCUT2D eigenvalue weighted by Crippen LogP contribution is 2.15. The first-order valence-corrected chi connectivity index (χ1v) is 6.95. The molecule has 3 nitrogen and oxygen atoms in total. The molecule has 0 fully saturated rings. The van der Waals surface area contributed by atoms with Crippen molar-refractivity contribution in [1.82, 2.24) is 5.32 Å². The van der Waals surface area contributed by atoms with E-state index >= 15 is 0 Å². The first-order valence-electron chi connectivity index (χ1n) is 6.95. The molecule has 2 rings (SSSR count). The van der Waals surface area contributed by atoms with Crippen molar-refractivity contribution in [3.05, 3.63) is 71.8 Å². The van der Waals surface area contributed by atoms with Gasteiger partial charge in [0.25, 0.3) is 0 Å². The van der Waals surface area contributed by atoms with Crippen molar-refractivity contribution in [3.8, 4) is 5.75 Å². The Morgan fingerprint density at radius 1 is 1.10 bits per heavy atom. The predicted molar refractivity (Wildman–Crippen MR) is 84.9 cm³/mol. The van der Waals surface area contributed by atoms with Crippen LogP contribution in [0.2, 0.25) is 0 Å². The third-order valence-corrected chi connectivity index (χ3v) is 3.26. The maximum absolute atomic E-state index is 11.9. The highest BCUT2D eigenvalue weighted by Gasteiger charge is 2.02. The Hall–Kier alpha value is -2.55. The van der Waals surface area contributed by atoms with Crippen LogP contribution >= 0.6 is 0 Å². The van der Waals surface area contributed by atoms with Crippen LogP contribution in [0.5, 0.6) is 5.75 Å². The lowest BCUT2D eigenvalue weighted by Crippen LogP contribution is -2.23. The molecular weight excluding hydrogens is 262 g/mol. The van der Waals surface area contributed by atoms with Crippen LogP contribution in [0.1, 0.15) is 18.1 Å².